The molecule has 0 radical (unpaired) electrons. The summed E-state index contributed by atoms with van der Waals surface area (Å²) >= 11 is 4.30. The summed E-state index contributed by atoms with van der Waals surface area (Å²) in [5.41, 5.74) is 2.58. The second-order valence-corrected chi connectivity index (χ2v) is 4.16. The Balaban J connectivity index is 2.29. The molecule has 1 aliphatic heterocycles. The van der Waals surface area contributed by atoms with Crippen LogP contribution < -0.4 is 0 Å². The summed E-state index contributed by atoms with van der Waals surface area (Å²) in [6.07, 6.45) is 0.961. The number of thiol groups is 1. The van der Waals surface area contributed by atoms with Crippen LogP contribution in [-0.2, 0) is 17.8 Å². The molecule has 3 heteroatoms. The average Bonchev–Trinajstić information content (AvgIpc) is 2.16. The van der Waals surface area contributed by atoms with Crippen molar-refractivity contribution >= 4 is 18.5 Å². The molecule has 0 N–H and O–H groups in total. The summed E-state index contributed by atoms with van der Waals surface area (Å²) in [5.74, 6) is 0.153. The topological polar surface area (TPSA) is 20.3 Å². The number of benzene rings is 1. The van der Waals surface area contributed by atoms with Gasteiger partial charge in [-0.15, -0.1) is 12.6 Å². The molecular formula is C11H13NOS. The Bertz CT molecular complexity index is 376. The summed E-state index contributed by atoms with van der Waals surface area (Å²) in [7, 11) is 0. The minimum atomic E-state index is 0.153. The third-order valence-corrected chi connectivity index (χ3v) is 2.93. The van der Waals surface area contributed by atoms with Crippen molar-refractivity contribution in [2.45, 2.75) is 24.8 Å². The highest BCUT2D eigenvalue weighted by molar-refractivity contribution is 7.80. The van der Waals surface area contributed by atoms with E-state index in [1.807, 2.05) is 17.0 Å². The quantitative estimate of drug-likeness (QED) is 0.644. The van der Waals surface area contributed by atoms with Gasteiger partial charge in [-0.1, -0.05) is 6.07 Å². The molecular weight excluding hydrogens is 194 g/mol. The molecule has 0 unspecified atom stereocenters. The fourth-order valence-corrected chi connectivity index (χ4v) is 2.04. The van der Waals surface area contributed by atoms with Crippen LogP contribution >= 0.6 is 12.6 Å². The van der Waals surface area contributed by atoms with Crippen LogP contribution in [-0.4, -0.2) is 17.4 Å². The molecule has 0 aromatic heterocycles. The van der Waals surface area contributed by atoms with Crippen molar-refractivity contribution in [2.24, 2.45) is 0 Å². The zero-order valence-electron chi connectivity index (χ0n) is 8.16. The summed E-state index contributed by atoms with van der Waals surface area (Å²) < 4.78 is 0. The number of carbonyl (C=O) groups excluding carboxylic acids is 1. The molecule has 1 aromatic rings. The van der Waals surface area contributed by atoms with Gasteiger partial charge in [-0.2, -0.15) is 0 Å². The highest BCUT2D eigenvalue weighted by Gasteiger charge is 2.17. The summed E-state index contributed by atoms with van der Waals surface area (Å²) in [5, 5.41) is 0. The average molecular weight is 207 g/mol. The normalized spacial score (nSPS) is 15.1. The van der Waals surface area contributed by atoms with Gasteiger partial charge in [0.15, 0.2) is 0 Å². The molecule has 0 atom stereocenters. The number of hydrogen-bond acceptors (Lipinski definition) is 2. The summed E-state index contributed by atoms with van der Waals surface area (Å²) in [4.78, 5) is 14.0. The van der Waals surface area contributed by atoms with Crippen molar-refractivity contribution in [1.82, 2.24) is 4.90 Å². The van der Waals surface area contributed by atoms with Crippen LogP contribution in [0, 0.1) is 0 Å². The zero-order valence-corrected chi connectivity index (χ0v) is 9.05. The standard InChI is InChI=1S/C11H13NOS/c1-8(13)12-5-4-9-2-3-11(14)6-10(9)7-12/h2-3,6,14H,4-5,7H2,1H3. The van der Waals surface area contributed by atoms with Crippen molar-refractivity contribution in [2.75, 3.05) is 6.54 Å². The van der Waals surface area contributed by atoms with Gasteiger partial charge in [-0.05, 0) is 29.7 Å². The molecule has 1 heterocycles. The molecule has 1 aromatic carbocycles. The lowest BCUT2D eigenvalue weighted by Gasteiger charge is -2.28. The van der Waals surface area contributed by atoms with E-state index in [2.05, 4.69) is 18.7 Å². The minimum absolute atomic E-state index is 0.153. The maximum atomic E-state index is 11.2. The van der Waals surface area contributed by atoms with Crippen molar-refractivity contribution < 1.29 is 4.79 Å². The van der Waals surface area contributed by atoms with Crippen LogP contribution in [0.25, 0.3) is 0 Å². The largest absolute Gasteiger partial charge is 0.338 e. The lowest BCUT2D eigenvalue weighted by Crippen LogP contribution is -2.34. The molecule has 1 amide bonds. The molecule has 0 aliphatic carbocycles. The van der Waals surface area contributed by atoms with Gasteiger partial charge in [0, 0.05) is 24.9 Å². The number of fused-ring (bicyclic) bond motifs is 1. The molecule has 1 aliphatic rings. The first-order chi connectivity index (χ1) is 6.66. The fraction of sp³-hybridized carbons (Fsp3) is 0.364. The number of carbonyl (C=O) groups is 1. The third kappa shape index (κ3) is 1.77. The van der Waals surface area contributed by atoms with E-state index >= 15 is 0 Å². The van der Waals surface area contributed by atoms with Gasteiger partial charge in [0.2, 0.25) is 5.91 Å². The van der Waals surface area contributed by atoms with E-state index in [1.165, 1.54) is 11.1 Å². The van der Waals surface area contributed by atoms with E-state index in [-0.39, 0.29) is 5.91 Å². The molecule has 0 saturated heterocycles. The molecule has 2 rings (SSSR count). The van der Waals surface area contributed by atoms with Gasteiger partial charge in [0.05, 0.1) is 0 Å². The molecule has 0 fully saturated rings. The highest BCUT2D eigenvalue weighted by atomic mass is 32.1. The maximum Gasteiger partial charge on any atom is 0.219 e. The Morgan fingerprint density at radius 2 is 2.21 bits per heavy atom. The first-order valence-corrected chi connectivity index (χ1v) is 5.18. The predicted octanol–water partition coefficient (Wildman–Crippen LogP) is 1.88. The zero-order chi connectivity index (χ0) is 10.1. The van der Waals surface area contributed by atoms with Crippen LogP contribution in [0.15, 0.2) is 23.1 Å². The van der Waals surface area contributed by atoms with E-state index in [4.69, 9.17) is 0 Å². The van der Waals surface area contributed by atoms with Gasteiger partial charge >= 0.3 is 0 Å². The molecule has 74 valence electrons. The third-order valence-electron chi connectivity index (χ3n) is 2.65. The van der Waals surface area contributed by atoms with Gasteiger partial charge in [0.25, 0.3) is 0 Å². The summed E-state index contributed by atoms with van der Waals surface area (Å²) in [6, 6.07) is 6.16. The first-order valence-electron chi connectivity index (χ1n) is 4.73. The second-order valence-electron chi connectivity index (χ2n) is 3.64. The second kappa shape index (κ2) is 3.65. The van der Waals surface area contributed by atoms with Crippen LogP contribution in [0.3, 0.4) is 0 Å². The van der Waals surface area contributed by atoms with Crippen molar-refractivity contribution in [3.05, 3.63) is 29.3 Å². The van der Waals surface area contributed by atoms with E-state index in [0.717, 1.165) is 24.4 Å². The SMILES string of the molecule is CC(=O)N1CCc2ccc(S)cc2C1. The van der Waals surface area contributed by atoms with Gasteiger partial charge < -0.3 is 4.90 Å². The van der Waals surface area contributed by atoms with Crippen molar-refractivity contribution in [3.63, 3.8) is 0 Å². The molecule has 2 nitrogen and oxygen atoms in total. The Labute approximate surface area is 89.3 Å². The summed E-state index contributed by atoms with van der Waals surface area (Å²) in [6.45, 7) is 3.20. The van der Waals surface area contributed by atoms with E-state index < -0.39 is 0 Å². The lowest BCUT2D eigenvalue weighted by atomic mass is 10.00. The van der Waals surface area contributed by atoms with Crippen molar-refractivity contribution in [1.29, 1.82) is 0 Å². The number of amides is 1. The Kier molecular flexibility index (Phi) is 2.50. The maximum absolute atomic E-state index is 11.2. The van der Waals surface area contributed by atoms with Gasteiger partial charge in [-0.25, -0.2) is 0 Å². The Morgan fingerprint density at radius 3 is 2.93 bits per heavy atom. The smallest absolute Gasteiger partial charge is 0.219 e. The Morgan fingerprint density at radius 1 is 1.43 bits per heavy atom. The molecule has 0 bridgehead atoms. The number of nitrogens with zero attached hydrogens (tertiary/aromatic N) is 1. The number of hydrogen-bond donors (Lipinski definition) is 1. The molecule has 0 saturated carbocycles. The number of rotatable bonds is 0. The van der Waals surface area contributed by atoms with Gasteiger partial charge in [-0.3, -0.25) is 4.79 Å². The Hall–Kier alpha value is -0.960. The van der Waals surface area contributed by atoms with Crippen LogP contribution in [0.5, 0.6) is 0 Å². The van der Waals surface area contributed by atoms with Crippen molar-refractivity contribution in [3.8, 4) is 0 Å². The van der Waals surface area contributed by atoms with E-state index in [1.54, 1.807) is 6.92 Å². The highest BCUT2D eigenvalue weighted by Crippen LogP contribution is 2.21. The lowest BCUT2D eigenvalue weighted by molar-refractivity contribution is -0.129. The predicted molar refractivity (Wildman–Crippen MR) is 58.5 cm³/mol. The first kappa shape index (κ1) is 9.59. The van der Waals surface area contributed by atoms with E-state index in [0.29, 0.717) is 0 Å². The minimum Gasteiger partial charge on any atom is -0.338 e. The van der Waals surface area contributed by atoms with Gasteiger partial charge in [0.1, 0.15) is 0 Å². The monoisotopic (exact) mass is 207 g/mol. The molecule has 14 heavy (non-hydrogen) atoms. The van der Waals surface area contributed by atoms with Crippen LogP contribution in [0.1, 0.15) is 18.1 Å². The fourth-order valence-electron chi connectivity index (χ4n) is 1.81. The van der Waals surface area contributed by atoms with E-state index in [9.17, 15) is 4.79 Å². The van der Waals surface area contributed by atoms with Crippen LogP contribution in [0.4, 0.5) is 0 Å². The molecule has 0 spiro atoms. The van der Waals surface area contributed by atoms with Crippen LogP contribution in [0.2, 0.25) is 0 Å².